The van der Waals surface area contributed by atoms with Crippen LogP contribution in [0.5, 0.6) is 0 Å². The summed E-state index contributed by atoms with van der Waals surface area (Å²) in [6.45, 7) is 2.95. The third kappa shape index (κ3) is 8.53. The Morgan fingerprint density at radius 3 is 0.975 bits per heavy atom. The van der Waals surface area contributed by atoms with Crippen molar-refractivity contribution in [2.24, 2.45) is 10.2 Å². The number of hydrogen-bond acceptors (Lipinski definition) is 4. The molecule has 0 saturated carbocycles. The number of nitrogens with zero attached hydrogens (tertiary/aromatic N) is 4. The molecule has 0 fully saturated rings. The Labute approximate surface area is 237 Å². The van der Waals surface area contributed by atoms with E-state index in [1.807, 2.05) is 36.7 Å². The molecule has 0 heterocycles. The molecule has 0 aromatic heterocycles. The van der Waals surface area contributed by atoms with Crippen molar-refractivity contribution < 1.29 is 0 Å². The van der Waals surface area contributed by atoms with E-state index < -0.39 is 0 Å². The minimum absolute atomic E-state index is 0.737. The van der Waals surface area contributed by atoms with E-state index in [2.05, 4.69) is 131 Å². The van der Waals surface area contributed by atoms with E-state index in [0.717, 1.165) is 37.3 Å². The van der Waals surface area contributed by atoms with E-state index in [1.54, 1.807) is 0 Å². The molecule has 0 aliphatic heterocycles. The second kappa shape index (κ2) is 14.3. The third-order valence-corrected chi connectivity index (χ3v) is 6.48. The Balaban J connectivity index is 1.31. The van der Waals surface area contributed by atoms with E-state index in [1.165, 1.54) is 22.3 Å². The van der Waals surface area contributed by atoms with Crippen molar-refractivity contribution in [1.82, 2.24) is 10.0 Å². The highest BCUT2D eigenvalue weighted by Gasteiger charge is 2.06. The van der Waals surface area contributed by atoms with Gasteiger partial charge in [-0.25, -0.2) is 0 Å². The zero-order valence-corrected chi connectivity index (χ0v) is 22.6. The summed E-state index contributed by atoms with van der Waals surface area (Å²) in [7, 11) is 0. The van der Waals surface area contributed by atoms with Crippen molar-refractivity contribution in [2.45, 2.75) is 26.2 Å². The predicted octanol–water partition coefficient (Wildman–Crippen LogP) is 7.76. The second-order valence-corrected chi connectivity index (χ2v) is 9.75. The molecule has 4 heteroatoms. The van der Waals surface area contributed by atoms with Crippen LogP contribution in [0.25, 0.3) is 0 Å². The first-order valence-corrected chi connectivity index (χ1v) is 13.6. The predicted molar refractivity (Wildman–Crippen MR) is 166 cm³/mol. The summed E-state index contributed by atoms with van der Waals surface area (Å²) < 4.78 is 0. The molecule has 0 spiro atoms. The average molecular weight is 523 g/mol. The van der Waals surface area contributed by atoms with Crippen LogP contribution in [0.3, 0.4) is 0 Å². The van der Waals surface area contributed by atoms with Gasteiger partial charge in [0.2, 0.25) is 0 Å². The van der Waals surface area contributed by atoms with Crippen LogP contribution in [0.2, 0.25) is 0 Å². The standard InChI is InChI=1S/C36H34N4/c1-5-14-31(15-6-1)27-39(28-32-16-7-2-8-17-32)37-25-35-22-13-23-36(24-35)26-38-40(29-33-18-9-3-10-19-33)30-34-20-11-4-12-21-34/h1-26H,27-30H2. The zero-order chi connectivity index (χ0) is 27.2. The van der Waals surface area contributed by atoms with E-state index in [-0.39, 0.29) is 0 Å². The molecule has 0 atom stereocenters. The summed E-state index contributed by atoms with van der Waals surface area (Å²) in [5, 5.41) is 14.0. The van der Waals surface area contributed by atoms with E-state index >= 15 is 0 Å². The fourth-order valence-electron chi connectivity index (χ4n) is 4.47. The van der Waals surface area contributed by atoms with Crippen molar-refractivity contribution in [3.8, 4) is 0 Å². The van der Waals surface area contributed by atoms with Crippen LogP contribution in [0, 0.1) is 0 Å². The van der Waals surface area contributed by atoms with E-state index in [0.29, 0.717) is 0 Å². The molecule has 0 bridgehead atoms. The molecule has 0 N–H and O–H groups in total. The molecular weight excluding hydrogens is 488 g/mol. The van der Waals surface area contributed by atoms with Crippen LogP contribution >= 0.6 is 0 Å². The Hall–Kier alpha value is -4.96. The molecule has 40 heavy (non-hydrogen) atoms. The van der Waals surface area contributed by atoms with Gasteiger partial charge in [0.1, 0.15) is 0 Å². The molecule has 0 aliphatic carbocycles. The fraction of sp³-hybridized carbons (Fsp3) is 0.111. The van der Waals surface area contributed by atoms with Gasteiger partial charge in [-0.1, -0.05) is 140 Å². The normalized spacial score (nSPS) is 11.2. The summed E-state index contributed by atoms with van der Waals surface area (Å²) in [5.74, 6) is 0. The Morgan fingerprint density at radius 1 is 0.375 bits per heavy atom. The molecule has 0 unspecified atom stereocenters. The van der Waals surface area contributed by atoms with E-state index in [9.17, 15) is 0 Å². The third-order valence-electron chi connectivity index (χ3n) is 6.48. The minimum atomic E-state index is 0.737. The lowest BCUT2D eigenvalue weighted by Gasteiger charge is -2.20. The lowest BCUT2D eigenvalue weighted by atomic mass is 10.1. The number of hydrazone groups is 2. The van der Waals surface area contributed by atoms with Crippen LogP contribution in [0.15, 0.2) is 156 Å². The molecule has 5 aromatic carbocycles. The molecule has 5 aromatic rings. The first-order valence-electron chi connectivity index (χ1n) is 13.6. The smallest absolute Gasteiger partial charge is 0.0614 e. The van der Waals surface area contributed by atoms with Crippen molar-refractivity contribution >= 4 is 12.4 Å². The molecule has 5 rings (SSSR count). The summed E-state index contributed by atoms with van der Waals surface area (Å²) in [4.78, 5) is 0. The van der Waals surface area contributed by atoms with Crippen LogP contribution < -0.4 is 0 Å². The van der Waals surface area contributed by atoms with Crippen molar-refractivity contribution in [3.05, 3.63) is 179 Å². The molecule has 198 valence electrons. The molecule has 0 saturated heterocycles. The lowest BCUT2D eigenvalue weighted by Crippen LogP contribution is -2.17. The zero-order valence-electron chi connectivity index (χ0n) is 22.6. The maximum atomic E-state index is 4.89. The summed E-state index contributed by atoms with van der Waals surface area (Å²) in [6.07, 6.45) is 3.88. The van der Waals surface area contributed by atoms with Gasteiger partial charge in [0.15, 0.2) is 0 Å². The average Bonchev–Trinajstić information content (AvgIpc) is 3.01. The van der Waals surface area contributed by atoms with Crippen LogP contribution in [0.1, 0.15) is 33.4 Å². The summed E-state index contributed by atoms with van der Waals surface area (Å²) in [5.41, 5.74) is 6.99. The Kier molecular flexibility index (Phi) is 9.50. The highest BCUT2D eigenvalue weighted by atomic mass is 15.4. The van der Waals surface area contributed by atoms with Crippen LogP contribution in [0.4, 0.5) is 0 Å². The number of benzene rings is 5. The molecule has 0 radical (unpaired) electrons. The van der Waals surface area contributed by atoms with Gasteiger partial charge in [0.25, 0.3) is 0 Å². The first kappa shape index (κ1) is 26.6. The topological polar surface area (TPSA) is 31.2 Å². The number of hydrogen-bond donors (Lipinski definition) is 0. The van der Waals surface area contributed by atoms with Gasteiger partial charge in [-0.05, 0) is 39.4 Å². The number of rotatable bonds is 12. The van der Waals surface area contributed by atoms with Crippen molar-refractivity contribution in [1.29, 1.82) is 0 Å². The van der Waals surface area contributed by atoms with Crippen molar-refractivity contribution in [3.63, 3.8) is 0 Å². The monoisotopic (exact) mass is 522 g/mol. The molecular formula is C36H34N4. The maximum absolute atomic E-state index is 4.89. The lowest BCUT2D eigenvalue weighted by molar-refractivity contribution is 0.272. The molecule has 0 aliphatic rings. The van der Waals surface area contributed by atoms with Gasteiger partial charge < -0.3 is 0 Å². The Bertz CT molecular complexity index is 1290. The highest BCUT2D eigenvalue weighted by Crippen LogP contribution is 2.13. The highest BCUT2D eigenvalue weighted by molar-refractivity contribution is 5.86. The first-order chi connectivity index (χ1) is 19.8. The largest absolute Gasteiger partial charge is 0.288 e. The molecule has 0 amide bonds. The van der Waals surface area contributed by atoms with Gasteiger partial charge >= 0.3 is 0 Å². The van der Waals surface area contributed by atoms with Gasteiger partial charge in [-0.15, -0.1) is 0 Å². The van der Waals surface area contributed by atoms with Crippen LogP contribution in [-0.4, -0.2) is 22.4 Å². The van der Waals surface area contributed by atoms with Gasteiger partial charge in [0, 0.05) is 0 Å². The second-order valence-electron chi connectivity index (χ2n) is 9.75. The Morgan fingerprint density at radius 2 is 0.675 bits per heavy atom. The quantitative estimate of drug-likeness (QED) is 0.124. The summed E-state index contributed by atoms with van der Waals surface area (Å²) in [6, 6.07) is 50.2. The SMILES string of the molecule is C(=NN(Cc1ccccc1)Cc1ccccc1)c1cccc(C=NN(Cc2ccccc2)Cc2ccccc2)c1. The summed E-state index contributed by atoms with van der Waals surface area (Å²) >= 11 is 0. The van der Waals surface area contributed by atoms with Gasteiger partial charge in [0.05, 0.1) is 38.6 Å². The maximum Gasteiger partial charge on any atom is 0.0614 e. The fourth-order valence-corrected chi connectivity index (χ4v) is 4.47. The van der Waals surface area contributed by atoms with Gasteiger partial charge in [-0.3, -0.25) is 10.0 Å². The van der Waals surface area contributed by atoms with Gasteiger partial charge in [-0.2, -0.15) is 10.2 Å². The van der Waals surface area contributed by atoms with Crippen LogP contribution in [-0.2, 0) is 26.2 Å². The minimum Gasteiger partial charge on any atom is -0.288 e. The van der Waals surface area contributed by atoms with Crippen molar-refractivity contribution in [2.75, 3.05) is 0 Å². The van der Waals surface area contributed by atoms with E-state index in [4.69, 9.17) is 10.2 Å². The molecule has 4 nitrogen and oxygen atoms in total.